The number of carboxylic acid groups (broad SMARTS) is 1. The molecule has 1 aliphatic heterocycles. The third kappa shape index (κ3) is 3.49. The molecule has 0 aliphatic carbocycles. The van der Waals surface area contributed by atoms with Gasteiger partial charge in [-0.25, -0.2) is 4.79 Å². The Kier molecular flexibility index (Phi) is 4.29. The Bertz CT molecular complexity index is 592. The molecule has 0 saturated carbocycles. The Morgan fingerprint density at radius 2 is 2.00 bits per heavy atom. The Labute approximate surface area is 118 Å². The molecule has 2 rings (SSSR count). The SMILES string of the molecule is CC1CCN(S(=O)(=O)Nc2cccc(C(=O)O)c2)CC1. The number of rotatable bonds is 4. The maximum atomic E-state index is 12.2. The highest BCUT2D eigenvalue weighted by Gasteiger charge is 2.26. The van der Waals surface area contributed by atoms with E-state index in [9.17, 15) is 13.2 Å². The van der Waals surface area contributed by atoms with E-state index in [4.69, 9.17) is 5.11 Å². The summed E-state index contributed by atoms with van der Waals surface area (Å²) in [7, 11) is -3.61. The molecule has 1 saturated heterocycles. The molecule has 0 amide bonds. The van der Waals surface area contributed by atoms with Gasteiger partial charge in [-0.1, -0.05) is 13.0 Å². The average Bonchev–Trinajstić information content (AvgIpc) is 2.39. The van der Waals surface area contributed by atoms with Gasteiger partial charge in [0.05, 0.1) is 11.3 Å². The van der Waals surface area contributed by atoms with Gasteiger partial charge in [0.1, 0.15) is 0 Å². The first kappa shape index (κ1) is 14.8. The van der Waals surface area contributed by atoms with Crippen molar-refractivity contribution in [2.45, 2.75) is 19.8 Å². The monoisotopic (exact) mass is 298 g/mol. The predicted molar refractivity (Wildman–Crippen MR) is 75.9 cm³/mol. The van der Waals surface area contributed by atoms with Gasteiger partial charge in [0.25, 0.3) is 0 Å². The summed E-state index contributed by atoms with van der Waals surface area (Å²) in [5, 5.41) is 8.90. The number of nitrogens with one attached hydrogen (secondary N) is 1. The summed E-state index contributed by atoms with van der Waals surface area (Å²) in [6.07, 6.45) is 1.69. The van der Waals surface area contributed by atoms with E-state index in [1.54, 1.807) is 0 Å². The first-order chi connectivity index (χ1) is 9.38. The summed E-state index contributed by atoms with van der Waals surface area (Å²) in [4.78, 5) is 10.9. The molecule has 6 nitrogen and oxygen atoms in total. The van der Waals surface area contributed by atoms with Crippen LogP contribution in [-0.2, 0) is 10.2 Å². The number of hydrogen-bond acceptors (Lipinski definition) is 3. The van der Waals surface area contributed by atoms with E-state index in [1.807, 2.05) is 0 Å². The minimum Gasteiger partial charge on any atom is -0.478 e. The lowest BCUT2D eigenvalue weighted by Gasteiger charge is -2.29. The van der Waals surface area contributed by atoms with Gasteiger partial charge in [-0.05, 0) is 37.0 Å². The minimum atomic E-state index is -3.61. The highest BCUT2D eigenvalue weighted by molar-refractivity contribution is 7.90. The maximum absolute atomic E-state index is 12.2. The molecule has 0 bridgehead atoms. The van der Waals surface area contributed by atoms with Crippen molar-refractivity contribution in [1.82, 2.24) is 4.31 Å². The lowest BCUT2D eigenvalue weighted by Crippen LogP contribution is -2.41. The van der Waals surface area contributed by atoms with Crippen LogP contribution in [0, 0.1) is 5.92 Å². The molecular formula is C13H18N2O4S. The first-order valence-electron chi connectivity index (χ1n) is 6.50. The Morgan fingerprint density at radius 1 is 1.35 bits per heavy atom. The second-order valence-electron chi connectivity index (χ2n) is 5.07. The largest absolute Gasteiger partial charge is 0.478 e. The molecule has 1 heterocycles. The summed E-state index contributed by atoms with van der Waals surface area (Å²) < 4.78 is 28.3. The fourth-order valence-corrected chi connectivity index (χ4v) is 3.40. The van der Waals surface area contributed by atoms with Crippen molar-refractivity contribution in [2.24, 2.45) is 5.92 Å². The number of hydrogen-bond donors (Lipinski definition) is 2. The van der Waals surface area contributed by atoms with Crippen LogP contribution in [0.5, 0.6) is 0 Å². The first-order valence-corrected chi connectivity index (χ1v) is 7.94. The number of carbonyl (C=O) groups is 1. The van der Waals surface area contributed by atoms with E-state index in [-0.39, 0.29) is 11.3 Å². The van der Waals surface area contributed by atoms with Gasteiger partial charge in [-0.15, -0.1) is 0 Å². The lowest BCUT2D eigenvalue weighted by atomic mass is 10.0. The highest BCUT2D eigenvalue weighted by atomic mass is 32.2. The van der Waals surface area contributed by atoms with E-state index in [2.05, 4.69) is 11.6 Å². The van der Waals surface area contributed by atoms with Crippen molar-refractivity contribution < 1.29 is 18.3 Å². The van der Waals surface area contributed by atoms with Gasteiger partial charge >= 0.3 is 16.2 Å². The second-order valence-corrected chi connectivity index (χ2v) is 6.75. The zero-order valence-corrected chi connectivity index (χ0v) is 12.1. The second kappa shape index (κ2) is 5.80. The molecule has 0 spiro atoms. The van der Waals surface area contributed by atoms with Crippen LogP contribution in [0.15, 0.2) is 24.3 Å². The van der Waals surface area contributed by atoms with Crippen LogP contribution in [0.2, 0.25) is 0 Å². The van der Waals surface area contributed by atoms with Crippen LogP contribution in [0.4, 0.5) is 5.69 Å². The molecule has 0 unspecified atom stereocenters. The summed E-state index contributed by atoms with van der Waals surface area (Å²) in [6, 6.07) is 5.78. The molecule has 0 aromatic heterocycles. The quantitative estimate of drug-likeness (QED) is 0.887. The van der Waals surface area contributed by atoms with Crippen LogP contribution in [0.25, 0.3) is 0 Å². The standard InChI is InChI=1S/C13H18N2O4S/c1-10-5-7-15(8-6-10)20(18,19)14-12-4-2-3-11(9-12)13(16)17/h2-4,9-10,14H,5-8H2,1H3,(H,16,17). The van der Waals surface area contributed by atoms with Crippen LogP contribution in [0.1, 0.15) is 30.1 Å². The molecule has 0 atom stereocenters. The number of nitrogens with zero attached hydrogens (tertiary/aromatic N) is 1. The van der Waals surface area contributed by atoms with E-state index in [0.717, 1.165) is 12.8 Å². The van der Waals surface area contributed by atoms with Crippen LogP contribution < -0.4 is 4.72 Å². The number of aromatic carboxylic acids is 1. The van der Waals surface area contributed by atoms with Gasteiger partial charge in [-0.2, -0.15) is 12.7 Å². The van der Waals surface area contributed by atoms with E-state index < -0.39 is 16.2 Å². The van der Waals surface area contributed by atoms with Gasteiger partial charge in [-0.3, -0.25) is 4.72 Å². The van der Waals surface area contributed by atoms with Gasteiger partial charge < -0.3 is 5.11 Å². The summed E-state index contributed by atoms with van der Waals surface area (Å²) in [6.45, 7) is 3.10. The van der Waals surface area contributed by atoms with Gasteiger partial charge in [0.2, 0.25) is 0 Å². The zero-order chi connectivity index (χ0) is 14.8. The summed E-state index contributed by atoms with van der Waals surface area (Å²) in [5.41, 5.74) is 0.320. The number of carboxylic acids is 1. The predicted octanol–water partition coefficient (Wildman–Crippen LogP) is 1.77. The molecular weight excluding hydrogens is 280 g/mol. The van der Waals surface area contributed by atoms with Crippen molar-refractivity contribution in [3.8, 4) is 0 Å². The van der Waals surface area contributed by atoms with Crippen molar-refractivity contribution in [3.63, 3.8) is 0 Å². The number of piperidine rings is 1. The van der Waals surface area contributed by atoms with Crippen LogP contribution in [0.3, 0.4) is 0 Å². The Balaban J connectivity index is 2.12. The minimum absolute atomic E-state index is 0.0532. The number of anilines is 1. The molecule has 110 valence electrons. The molecule has 1 aromatic carbocycles. The third-order valence-corrected chi connectivity index (χ3v) is 4.98. The van der Waals surface area contributed by atoms with Gasteiger partial charge in [0.15, 0.2) is 0 Å². The Hall–Kier alpha value is -1.60. The Morgan fingerprint density at radius 3 is 2.60 bits per heavy atom. The fourth-order valence-electron chi connectivity index (χ4n) is 2.15. The summed E-state index contributed by atoms with van der Waals surface area (Å²) in [5.74, 6) is -0.547. The van der Waals surface area contributed by atoms with E-state index in [1.165, 1.54) is 28.6 Å². The molecule has 0 radical (unpaired) electrons. The number of benzene rings is 1. The molecule has 1 aromatic rings. The molecule has 2 N–H and O–H groups in total. The molecule has 7 heteroatoms. The third-order valence-electron chi connectivity index (χ3n) is 3.44. The highest BCUT2D eigenvalue weighted by Crippen LogP contribution is 2.20. The normalized spacial score (nSPS) is 17.9. The van der Waals surface area contributed by atoms with E-state index in [0.29, 0.717) is 19.0 Å². The molecule has 1 aliphatic rings. The maximum Gasteiger partial charge on any atom is 0.335 e. The zero-order valence-electron chi connectivity index (χ0n) is 11.2. The van der Waals surface area contributed by atoms with Crippen LogP contribution in [-0.4, -0.2) is 36.9 Å². The summed E-state index contributed by atoms with van der Waals surface area (Å²) >= 11 is 0. The topological polar surface area (TPSA) is 86.7 Å². The van der Waals surface area contributed by atoms with Crippen molar-refractivity contribution in [1.29, 1.82) is 0 Å². The average molecular weight is 298 g/mol. The van der Waals surface area contributed by atoms with E-state index >= 15 is 0 Å². The molecule has 1 fully saturated rings. The van der Waals surface area contributed by atoms with Crippen molar-refractivity contribution in [3.05, 3.63) is 29.8 Å². The lowest BCUT2D eigenvalue weighted by molar-refractivity contribution is 0.0697. The van der Waals surface area contributed by atoms with Crippen LogP contribution >= 0.6 is 0 Å². The van der Waals surface area contributed by atoms with Gasteiger partial charge in [0, 0.05) is 13.1 Å². The van der Waals surface area contributed by atoms with Crippen molar-refractivity contribution >= 4 is 21.9 Å². The smallest absolute Gasteiger partial charge is 0.335 e. The van der Waals surface area contributed by atoms with Crippen molar-refractivity contribution in [2.75, 3.05) is 17.8 Å². The fraction of sp³-hybridized carbons (Fsp3) is 0.462. The molecule has 20 heavy (non-hydrogen) atoms.